The van der Waals surface area contributed by atoms with Gasteiger partial charge >= 0.3 is 6.18 Å². The van der Waals surface area contributed by atoms with Crippen LogP contribution in [0.25, 0.3) is 0 Å². The number of nitrogens with two attached hydrogens (primary N) is 1. The molecule has 0 aliphatic heterocycles. The maximum atomic E-state index is 12.9. The van der Waals surface area contributed by atoms with Crippen LogP contribution >= 0.6 is 0 Å². The van der Waals surface area contributed by atoms with Gasteiger partial charge in [-0.3, -0.25) is 4.99 Å². The van der Waals surface area contributed by atoms with Crippen LogP contribution in [0.3, 0.4) is 0 Å². The van der Waals surface area contributed by atoms with E-state index in [9.17, 15) is 13.2 Å². The highest BCUT2D eigenvalue weighted by Crippen LogP contribution is 2.42. The Morgan fingerprint density at radius 2 is 1.76 bits per heavy atom. The van der Waals surface area contributed by atoms with Crippen LogP contribution in [-0.2, 0) is 0 Å². The topological polar surface area (TPSA) is 50.4 Å². The van der Waals surface area contributed by atoms with E-state index in [0.717, 1.165) is 19.3 Å². The second kappa shape index (κ2) is 4.84. The van der Waals surface area contributed by atoms with Gasteiger partial charge in [-0.1, -0.05) is 12.8 Å². The molecule has 2 saturated carbocycles. The smallest absolute Gasteiger partial charge is 0.312 e. The maximum Gasteiger partial charge on any atom is 0.392 e. The van der Waals surface area contributed by atoms with Crippen molar-refractivity contribution >= 4 is 5.84 Å². The van der Waals surface area contributed by atoms with Crippen molar-refractivity contribution < 1.29 is 13.2 Å². The normalized spacial score (nSPS) is 31.4. The summed E-state index contributed by atoms with van der Waals surface area (Å²) in [6, 6.07) is 0.192. The number of amidine groups is 1. The van der Waals surface area contributed by atoms with Crippen LogP contribution in [0.5, 0.6) is 0 Å². The minimum atomic E-state index is -4.15. The van der Waals surface area contributed by atoms with E-state index in [1.807, 2.05) is 0 Å². The van der Waals surface area contributed by atoms with E-state index < -0.39 is 18.0 Å². The molecule has 17 heavy (non-hydrogen) atoms. The summed E-state index contributed by atoms with van der Waals surface area (Å²) in [4.78, 5) is 4.27. The molecule has 0 heterocycles. The number of nitrogens with zero attached hydrogens (tertiary/aromatic N) is 1. The highest BCUT2D eigenvalue weighted by atomic mass is 19.4. The molecule has 2 rings (SSSR count). The minimum Gasteiger partial charge on any atom is -0.312 e. The predicted octanol–water partition coefficient (Wildman–Crippen LogP) is 2.38. The van der Waals surface area contributed by atoms with E-state index >= 15 is 0 Å². The third-order valence-corrected chi connectivity index (χ3v) is 3.55. The first-order chi connectivity index (χ1) is 8.02. The first-order valence-corrected chi connectivity index (χ1v) is 6.13. The van der Waals surface area contributed by atoms with Crippen LogP contribution < -0.4 is 11.3 Å². The fraction of sp³-hybridized carbons (Fsp3) is 0.909. The lowest BCUT2D eigenvalue weighted by atomic mass is 9.78. The number of hydrogen-bond acceptors (Lipinski definition) is 2. The number of hydrazine groups is 1. The number of halogens is 3. The van der Waals surface area contributed by atoms with Crippen molar-refractivity contribution in [2.45, 2.75) is 50.7 Å². The van der Waals surface area contributed by atoms with Gasteiger partial charge in [0.05, 0.1) is 12.0 Å². The van der Waals surface area contributed by atoms with E-state index in [2.05, 4.69) is 10.4 Å². The van der Waals surface area contributed by atoms with Gasteiger partial charge < -0.3 is 5.43 Å². The van der Waals surface area contributed by atoms with Crippen molar-refractivity contribution in [3.05, 3.63) is 0 Å². The molecule has 3 nitrogen and oxygen atoms in total. The van der Waals surface area contributed by atoms with Crippen LogP contribution in [0, 0.1) is 11.8 Å². The molecule has 3 N–H and O–H groups in total. The summed E-state index contributed by atoms with van der Waals surface area (Å²) in [5, 5.41) is 0. The Kier molecular flexibility index (Phi) is 3.61. The summed E-state index contributed by atoms with van der Waals surface area (Å²) in [7, 11) is 0. The molecule has 0 spiro atoms. The number of rotatable bonds is 2. The van der Waals surface area contributed by atoms with Crippen LogP contribution in [0.2, 0.25) is 0 Å². The molecular formula is C11H18F3N3. The molecule has 0 aromatic rings. The number of alkyl halides is 3. The van der Waals surface area contributed by atoms with E-state index in [-0.39, 0.29) is 12.5 Å². The Labute approximate surface area is 98.6 Å². The Morgan fingerprint density at radius 1 is 1.12 bits per heavy atom. The SMILES string of the molecule is NNC(=NC1CC1)C1CCCCC1C(F)(F)F. The molecule has 0 bridgehead atoms. The molecule has 2 atom stereocenters. The summed E-state index contributed by atoms with van der Waals surface area (Å²) >= 11 is 0. The Hall–Kier alpha value is -0.780. The number of aliphatic imine (C=N–C) groups is 1. The number of hydrogen-bond donors (Lipinski definition) is 2. The van der Waals surface area contributed by atoms with Crippen LogP contribution in [-0.4, -0.2) is 18.1 Å². The molecule has 98 valence electrons. The molecule has 6 heteroatoms. The molecule has 0 radical (unpaired) electrons. The predicted molar refractivity (Wildman–Crippen MR) is 59.3 cm³/mol. The van der Waals surface area contributed by atoms with Crippen molar-refractivity contribution in [1.29, 1.82) is 0 Å². The van der Waals surface area contributed by atoms with Crippen molar-refractivity contribution in [3.63, 3.8) is 0 Å². The summed E-state index contributed by atoms with van der Waals surface area (Å²) in [5.41, 5.74) is 2.40. The molecule has 2 aliphatic rings. The number of nitrogens with one attached hydrogen (secondary N) is 1. The van der Waals surface area contributed by atoms with Gasteiger partial charge in [-0.2, -0.15) is 13.2 Å². The summed E-state index contributed by atoms with van der Waals surface area (Å²) in [5.74, 6) is 3.83. The molecular weight excluding hydrogens is 231 g/mol. The summed E-state index contributed by atoms with van der Waals surface area (Å²) in [6.45, 7) is 0. The van der Waals surface area contributed by atoms with Gasteiger partial charge in [-0.25, -0.2) is 5.84 Å². The van der Waals surface area contributed by atoms with Crippen LogP contribution in [0.1, 0.15) is 38.5 Å². The second-order valence-electron chi connectivity index (χ2n) is 4.93. The third kappa shape index (κ3) is 3.12. The van der Waals surface area contributed by atoms with E-state index in [1.54, 1.807) is 0 Å². The lowest BCUT2D eigenvalue weighted by Gasteiger charge is -2.33. The van der Waals surface area contributed by atoms with Crippen molar-refractivity contribution in [2.75, 3.05) is 0 Å². The molecule has 0 aromatic heterocycles. The zero-order chi connectivity index (χ0) is 12.5. The van der Waals surface area contributed by atoms with Crippen LogP contribution in [0.4, 0.5) is 13.2 Å². The molecule has 2 aliphatic carbocycles. The van der Waals surface area contributed by atoms with E-state index in [0.29, 0.717) is 18.7 Å². The highest BCUT2D eigenvalue weighted by Gasteiger charge is 2.47. The standard InChI is InChI=1S/C11H18F3N3/c12-11(13,14)9-4-2-1-3-8(9)10(17-15)16-7-5-6-7/h7-9H,1-6,15H2,(H,16,17). The average Bonchev–Trinajstić information content (AvgIpc) is 3.08. The lowest BCUT2D eigenvalue weighted by molar-refractivity contribution is -0.189. The molecule has 0 amide bonds. The second-order valence-corrected chi connectivity index (χ2v) is 4.93. The van der Waals surface area contributed by atoms with Gasteiger partial charge in [0.2, 0.25) is 0 Å². The first kappa shape index (κ1) is 12.7. The molecule has 0 aromatic carbocycles. The summed E-state index contributed by atoms with van der Waals surface area (Å²) < 4.78 is 38.8. The average molecular weight is 249 g/mol. The van der Waals surface area contributed by atoms with Crippen molar-refractivity contribution in [1.82, 2.24) is 5.43 Å². The third-order valence-electron chi connectivity index (χ3n) is 3.55. The lowest BCUT2D eigenvalue weighted by Crippen LogP contribution is -2.45. The largest absolute Gasteiger partial charge is 0.392 e. The fourth-order valence-corrected chi connectivity index (χ4v) is 2.49. The quantitative estimate of drug-likeness (QED) is 0.341. The fourth-order valence-electron chi connectivity index (χ4n) is 2.49. The van der Waals surface area contributed by atoms with Gasteiger partial charge in [0.25, 0.3) is 0 Å². The summed E-state index contributed by atoms with van der Waals surface area (Å²) in [6.07, 6.45) is -0.0283. The van der Waals surface area contributed by atoms with Crippen LogP contribution in [0.15, 0.2) is 4.99 Å². The van der Waals surface area contributed by atoms with Gasteiger partial charge in [0.15, 0.2) is 0 Å². The van der Waals surface area contributed by atoms with Gasteiger partial charge in [0, 0.05) is 5.92 Å². The monoisotopic (exact) mass is 249 g/mol. The van der Waals surface area contributed by atoms with Crippen molar-refractivity contribution in [2.24, 2.45) is 22.7 Å². The zero-order valence-electron chi connectivity index (χ0n) is 9.63. The van der Waals surface area contributed by atoms with E-state index in [1.165, 1.54) is 0 Å². The molecule has 2 unspecified atom stereocenters. The maximum absolute atomic E-state index is 12.9. The Balaban J connectivity index is 2.14. The Morgan fingerprint density at radius 3 is 2.29 bits per heavy atom. The van der Waals surface area contributed by atoms with Crippen molar-refractivity contribution in [3.8, 4) is 0 Å². The van der Waals surface area contributed by atoms with Gasteiger partial charge in [-0.05, 0) is 25.7 Å². The minimum absolute atomic E-state index is 0.192. The Bertz CT molecular complexity index is 297. The highest BCUT2D eigenvalue weighted by molar-refractivity contribution is 5.84. The van der Waals surface area contributed by atoms with E-state index in [4.69, 9.17) is 5.84 Å². The first-order valence-electron chi connectivity index (χ1n) is 6.13. The zero-order valence-corrected chi connectivity index (χ0v) is 9.63. The molecule has 2 fully saturated rings. The van der Waals surface area contributed by atoms with Gasteiger partial charge in [-0.15, -0.1) is 0 Å². The van der Waals surface area contributed by atoms with Gasteiger partial charge in [0.1, 0.15) is 5.84 Å². The molecule has 0 saturated heterocycles.